The molecule has 31 heavy (non-hydrogen) atoms. The Bertz CT molecular complexity index is 1060. The maximum Gasteiger partial charge on any atom is 0.415 e. The van der Waals surface area contributed by atoms with Crippen molar-refractivity contribution in [3.63, 3.8) is 0 Å². The molecule has 4 rings (SSSR count). The second kappa shape index (κ2) is 8.57. The number of rotatable bonds is 4. The number of ether oxygens (including phenoxy) is 4. The number of hydrogen-bond donors (Lipinski definition) is 2. The molecule has 10 heteroatoms. The lowest BCUT2D eigenvalue weighted by Crippen LogP contribution is -2.42. The number of morpholine rings is 1. The number of aromatic amines is 1. The molecule has 3 heterocycles. The predicted octanol–water partition coefficient (Wildman–Crippen LogP) is 2.17. The number of benzene rings is 1. The Morgan fingerprint density at radius 3 is 2.87 bits per heavy atom. The standard InChI is InChI=1S/C21H23N5O5/c1-3-29-16-10-13(4-5-15(16)30-21(27)26-6-8-28-9-7-26)18-14(11-22)19(23)31-20-17(18)12(2)24-25-20/h4-5,10,18H,3,6-9,23H2,1-2H3,(H,24,25). The number of hydrogen-bond acceptors (Lipinski definition) is 8. The molecular weight excluding hydrogens is 402 g/mol. The molecule has 1 aromatic heterocycles. The van der Waals surface area contributed by atoms with E-state index in [4.69, 9.17) is 24.7 Å². The fraction of sp³-hybridized carbons (Fsp3) is 0.381. The predicted molar refractivity (Wildman–Crippen MR) is 109 cm³/mol. The fourth-order valence-electron chi connectivity index (χ4n) is 3.69. The van der Waals surface area contributed by atoms with Gasteiger partial charge in [-0.3, -0.25) is 5.10 Å². The molecule has 0 spiro atoms. The van der Waals surface area contributed by atoms with Gasteiger partial charge in [0.2, 0.25) is 11.8 Å². The van der Waals surface area contributed by atoms with Gasteiger partial charge in [-0.05, 0) is 31.5 Å². The highest BCUT2D eigenvalue weighted by Crippen LogP contribution is 2.44. The van der Waals surface area contributed by atoms with E-state index in [1.165, 1.54) is 0 Å². The molecule has 2 aliphatic heterocycles. The number of fused-ring (bicyclic) bond motifs is 1. The Kier molecular flexibility index (Phi) is 5.68. The van der Waals surface area contributed by atoms with Crippen LogP contribution in [0.1, 0.15) is 29.7 Å². The third-order valence-corrected chi connectivity index (χ3v) is 5.20. The monoisotopic (exact) mass is 425 g/mol. The highest BCUT2D eigenvalue weighted by Gasteiger charge is 2.35. The van der Waals surface area contributed by atoms with E-state index >= 15 is 0 Å². The van der Waals surface area contributed by atoms with Gasteiger partial charge in [-0.2, -0.15) is 5.26 Å². The van der Waals surface area contributed by atoms with E-state index in [1.807, 2.05) is 13.8 Å². The number of aryl methyl sites for hydroxylation is 1. The van der Waals surface area contributed by atoms with Crippen LogP contribution in [0.5, 0.6) is 17.4 Å². The average Bonchev–Trinajstić information content (AvgIpc) is 3.14. The van der Waals surface area contributed by atoms with Crippen molar-refractivity contribution in [2.24, 2.45) is 5.73 Å². The van der Waals surface area contributed by atoms with Gasteiger partial charge in [0, 0.05) is 24.3 Å². The lowest BCUT2D eigenvalue weighted by atomic mass is 9.84. The van der Waals surface area contributed by atoms with Gasteiger partial charge in [0.1, 0.15) is 11.6 Å². The zero-order valence-corrected chi connectivity index (χ0v) is 17.3. The first-order valence-corrected chi connectivity index (χ1v) is 9.97. The number of H-pyrrole nitrogens is 1. The number of nitrogens with two attached hydrogens (primary N) is 1. The Balaban J connectivity index is 1.70. The quantitative estimate of drug-likeness (QED) is 0.761. The van der Waals surface area contributed by atoms with Crippen LogP contribution in [-0.2, 0) is 4.74 Å². The first kappa shape index (κ1) is 20.6. The van der Waals surface area contributed by atoms with Gasteiger partial charge in [-0.25, -0.2) is 4.79 Å². The average molecular weight is 425 g/mol. The molecule has 1 fully saturated rings. The van der Waals surface area contributed by atoms with Crippen molar-refractivity contribution in [3.05, 3.63) is 46.5 Å². The molecule has 0 saturated carbocycles. The minimum absolute atomic E-state index is 0.00674. The summed E-state index contributed by atoms with van der Waals surface area (Å²) in [5, 5.41) is 16.7. The van der Waals surface area contributed by atoms with Crippen LogP contribution in [-0.4, -0.2) is 54.1 Å². The Hall–Kier alpha value is -3.71. The van der Waals surface area contributed by atoms with E-state index in [2.05, 4.69) is 16.3 Å². The highest BCUT2D eigenvalue weighted by atomic mass is 16.6. The fourth-order valence-corrected chi connectivity index (χ4v) is 3.69. The molecule has 2 aromatic rings. The number of nitriles is 1. The molecule has 1 saturated heterocycles. The van der Waals surface area contributed by atoms with E-state index in [0.717, 1.165) is 16.8 Å². The molecule has 0 radical (unpaired) electrons. The van der Waals surface area contributed by atoms with Crippen LogP contribution in [0.2, 0.25) is 0 Å². The van der Waals surface area contributed by atoms with Crippen LogP contribution in [0, 0.1) is 18.3 Å². The minimum atomic E-state index is -0.490. The molecule has 2 aliphatic rings. The van der Waals surface area contributed by atoms with E-state index in [0.29, 0.717) is 50.3 Å². The molecule has 3 N–H and O–H groups in total. The lowest BCUT2D eigenvalue weighted by Gasteiger charge is -2.27. The van der Waals surface area contributed by atoms with E-state index in [-0.39, 0.29) is 11.5 Å². The molecule has 1 unspecified atom stereocenters. The highest BCUT2D eigenvalue weighted by molar-refractivity contribution is 5.72. The normalized spacial score (nSPS) is 18.1. The Morgan fingerprint density at radius 2 is 2.16 bits per heavy atom. The minimum Gasteiger partial charge on any atom is -0.490 e. The second-order valence-corrected chi connectivity index (χ2v) is 7.10. The molecule has 162 valence electrons. The largest absolute Gasteiger partial charge is 0.490 e. The zero-order valence-electron chi connectivity index (χ0n) is 17.3. The first-order chi connectivity index (χ1) is 15.0. The third kappa shape index (κ3) is 3.87. The van der Waals surface area contributed by atoms with Gasteiger partial charge < -0.3 is 29.6 Å². The topological polar surface area (TPSA) is 136 Å². The van der Waals surface area contributed by atoms with E-state index in [1.54, 1.807) is 23.1 Å². The summed E-state index contributed by atoms with van der Waals surface area (Å²) in [6.07, 6.45) is -0.460. The third-order valence-electron chi connectivity index (χ3n) is 5.20. The Labute approximate surface area is 179 Å². The molecule has 0 aliphatic carbocycles. The van der Waals surface area contributed by atoms with Crippen LogP contribution in [0.25, 0.3) is 0 Å². The van der Waals surface area contributed by atoms with Crippen molar-refractivity contribution >= 4 is 6.09 Å². The van der Waals surface area contributed by atoms with Crippen molar-refractivity contribution in [1.29, 1.82) is 5.26 Å². The van der Waals surface area contributed by atoms with E-state index in [9.17, 15) is 10.1 Å². The first-order valence-electron chi connectivity index (χ1n) is 9.97. The van der Waals surface area contributed by atoms with Crippen molar-refractivity contribution < 1.29 is 23.7 Å². The van der Waals surface area contributed by atoms with Crippen LogP contribution in [0.3, 0.4) is 0 Å². The summed E-state index contributed by atoms with van der Waals surface area (Å²) in [6, 6.07) is 7.34. The number of carbonyl (C=O) groups is 1. The summed E-state index contributed by atoms with van der Waals surface area (Å²) in [7, 11) is 0. The van der Waals surface area contributed by atoms with Gasteiger partial charge in [0.05, 0.1) is 25.7 Å². The van der Waals surface area contributed by atoms with Gasteiger partial charge in [-0.1, -0.05) is 6.07 Å². The van der Waals surface area contributed by atoms with Crippen molar-refractivity contribution in [3.8, 4) is 23.4 Å². The van der Waals surface area contributed by atoms with Crippen LogP contribution in [0.15, 0.2) is 29.7 Å². The van der Waals surface area contributed by atoms with Gasteiger partial charge in [-0.15, -0.1) is 5.10 Å². The summed E-state index contributed by atoms with van der Waals surface area (Å²) in [4.78, 5) is 14.1. The van der Waals surface area contributed by atoms with Crippen molar-refractivity contribution in [2.75, 3.05) is 32.9 Å². The molecule has 10 nitrogen and oxygen atoms in total. The number of nitrogens with one attached hydrogen (secondary N) is 1. The maximum absolute atomic E-state index is 12.5. The van der Waals surface area contributed by atoms with Crippen LogP contribution < -0.4 is 19.9 Å². The number of amides is 1. The van der Waals surface area contributed by atoms with Crippen LogP contribution in [0.4, 0.5) is 4.79 Å². The van der Waals surface area contributed by atoms with Crippen molar-refractivity contribution in [2.45, 2.75) is 19.8 Å². The van der Waals surface area contributed by atoms with Gasteiger partial charge in [0.25, 0.3) is 0 Å². The van der Waals surface area contributed by atoms with Gasteiger partial charge >= 0.3 is 6.09 Å². The molecule has 0 bridgehead atoms. The smallest absolute Gasteiger partial charge is 0.415 e. The lowest BCUT2D eigenvalue weighted by molar-refractivity contribution is 0.0413. The summed E-state index contributed by atoms with van der Waals surface area (Å²) < 4.78 is 22.1. The summed E-state index contributed by atoms with van der Waals surface area (Å²) >= 11 is 0. The zero-order chi connectivity index (χ0) is 22.0. The summed E-state index contributed by atoms with van der Waals surface area (Å²) in [6.45, 7) is 5.97. The summed E-state index contributed by atoms with van der Waals surface area (Å²) in [5.74, 6) is 0.545. The number of aromatic nitrogens is 2. The number of allylic oxidation sites excluding steroid dienone is 1. The van der Waals surface area contributed by atoms with Crippen LogP contribution >= 0.6 is 0 Å². The SMILES string of the molecule is CCOc1cc(C2C(C#N)=C(N)Oc3n[nH]c(C)c32)ccc1OC(=O)N1CCOCC1. The second-order valence-electron chi connectivity index (χ2n) is 7.10. The molecule has 1 aromatic carbocycles. The maximum atomic E-state index is 12.5. The van der Waals surface area contributed by atoms with E-state index < -0.39 is 12.0 Å². The molecular formula is C21H23N5O5. The number of nitrogens with zero attached hydrogens (tertiary/aromatic N) is 3. The molecule has 1 atom stereocenters. The number of carbonyl (C=O) groups excluding carboxylic acids is 1. The molecule has 1 amide bonds. The van der Waals surface area contributed by atoms with Gasteiger partial charge in [0.15, 0.2) is 11.5 Å². The summed E-state index contributed by atoms with van der Waals surface area (Å²) in [5.41, 5.74) is 8.49. The van der Waals surface area contributed by atoms with Crippen molar-refractivity contribution in [1.82, 2.24) is 15.1 Å². The Morgan fingerprint density at radius 1 is 1.39 bits per heavy atom.